The maximum atomic E-state index is 11.7. The van der Waals surface area contributed by atoms with E-state index in [1.165, 1.54) is 48.8 Å². The van der Waals surface area contributed by atoms with Crippen molar-refractivity contribution in [2.45, 2.75) is 158 Å². The van der Waals surface area contributed by atoms with Crippen LogP contribution < -0.4 is 0 Å². The largest absolute Gasteiger partial charge is 0.466 e. The van der Waals surface area contributed by atoms with Crippen molar-refractivity contribution in [3.8, 4) is 0 Å². The third-order valence-electron chi connectivity index (χ3n) is 9.30. The molecule has 0 aliphatic carbocycles. The second-order valence-electron chi connectivity index (χ2n) is 16.9. The molecule has 1 aromatic rings. The van der Waals surface area contributed by atoms with Crippen molar-refractivity contribution in [3.05, 3.63) is 121 Å². The number of alkyl halides is 1. The molecular weight excluding hydrogens is 1110 g/mol. The number of Topliss-reactive ketones (excluding diaryl/α,β-unsaturated/α-hetero) is 1. The Bertz CT molecular complexity index is 1880. The molecule has 18 heteroatoms. The Balaban J connectivity index is -0.000000263. The Kier molecular flexibility index (Phi) is 57.6. The summed E-state index contributed by atoms with van der Waals surface area (Å²) >= 11 is 2.33. The van der Waals surface area contributed by atoms with Crippen molar-refractivity contribution < 1.29 is 77.3 Å². The number of ether oxygens (including phenoxy) is 6. The lowest BCUT2D eigenvalue weighted by Gasteiger charge is -2.19. The Labute approximate surface area is 474 Å². The molecule has 3 rings (SSSR count). The van der Waals surface area contributed by atoms with E-state index in [4.69, 9.17) is 29.2 Å². The van der Waals surface area contributed by atoms with Crippen molar-refractivity contribution in [2.75, 3.05) is 50.9 Å². The van der Waals surface area contributed by atoms with Gasteiger partial charge in [-0.1, -0.05) is 113 Å². The number of allylic oxidation sites excluding steroid dienone is 7. The van der Waals surface area contributed by atoms with E-state index in [2.05, 4.69) is 78.3 Å². The van der Waals surface area contributed by atoms with Gasteiger partial charge in [0.15, 0.2) is 6.79 Å². The van der Waals surface area contributed by atoms with Crippen LogP contribution in [0, 0.1) is 0 Å². The fourth-order valence-corrected chi connectivity index (χ4v) is 6.46. The van der Waals surface area contributed by atoms with E-state index in [1.807, 2.05) is 56.3 Å². The average molecular weight is 1200 g/mol. The SMILES string of the molecule is C=CC/C(C)=C\C(=O)OCC.C=CC/C(C)=C\CI.C=CC/C(C)=C\CO.C=CCC(C)(O)CC(=O)OCC.CC(=O)OCO.CC1CCCO1.CCC(=O)N1C(=O)OC[C@H]1Cc1ccccc1.CCOC(=O)CC(C)=O. The number of rotatable bonds is 22. The topological polar surface area (TPSA) is 239 Å². The highest BCUT2D eigenvalue weighted by Gasteiger charge is 2.36. The van der Waals surface area contributed by atoms with E-state index >= 15 is 0 Å². The second kappa shape index (κ2) is 55.2. The summed E-state index contributed by atoms with van der Waals surface area (Å²) in [6, 6.07) is 9.62. The number of carbonyl (C=O) groups excluding carboxylic acids is 7. The second-order valence-corrected chi connectivity index (χ2v) is 17.8. The molecule has 0 aromatic heterocycles. The number of hydrogen-bond acceptors (Lipinski definition) is 16. The molecule has 77 heavy (non-hydrogen) atoms. The summed E-state index contributed by atoms with van der Waals surface area (Å²) in [7, 11) is 0. The van der Waals surface area contributed by atoms with Crippen molar-refractivity contribution >= 4 is 64.3 Å². The standard InChI is InChI=1S/C13H15NO3.C9H16O3.C9H14O2.C7H11I.C7H12O.C6H10O3.C5H10O.C3H6O3/c1-2-12(15)14-11(9-17-13(14)16)8-10-6-4-3-5-7-10;1-4-6-9(3,11)7-8(10)12-5-2;1-4-6-8(3)7-9(10)11-5-2;2*1-3-4-7(2)5-6-8;1-3-9-6(8)4-5(2)7;1-5-3-2-4-6-5;1-3(5)6-2-4/h3-7,11H,2,8-9H2,1H3;4,11H,1,5-7H2,2-3H3;4,7H,1,5-6H2,2-3H3;3,5H,1,4,6H2,2H3;3,5,8H,1,4,6H2,2H3;3-4H2,1-2H3;5H,2-4H2,1H3;4H,2H2,1H3/b;;8-7-;2*7-5-;;;/t11-;;;;;;;/m1......./s1. The molecule has 2 saturated heterocycles. The van der Waals surface area contributed by atoms with E-state index in [-0.39, 0.29) is 49.1 Å². The summed E-state index contributed by atoms with van der Waals surface area (Å²) in [5.41, 5.74) is 3.63. The van der Waals surface area contributed by atoms with Gasteiger partial charge in [-0.05, 0) is 113 Å². The molecular formula is C59H94INO16. The van der Waals surface area contributed by atoms with Gasteiger partial charge in [0.25, 0.3) is 0 Å². The average Bonchev–Trinajstić information content (AvgIpc) is 3.98. The number of aliphatic hydroxyl groups excluding tert-OH is 2. The first-order valence-electron chi connectivity index (χ1n) is 25.6. The van der Waals surface area contributed by atoms with Crippen molar-refractivity contribution in [1.82, 2.24) is 4.90 Å². The van der Waals surface area contributed by atoms with Crippen LogP contribution in [0.3, 0.4) is 0 Å². The summed E-state index contributed by atoms with van der Waals surface area (Å²) < 4.78 is 29.1. The van der Waals surface area contributed by atoms with Crippen molar-refractivity contribution in [3.63, 3.8) is 0 Å². The zero-order chi connectivity index (χ0) is 60.0. The van der Waals surface area contributed by atoms with Gasteiger partial charge in [-0.15, -0.1) is 26.3 Å². The number of imide groups is 1. The first-order valence-corrected chi connectivity index (χ1v) is 27.1. The van der Waals surface area contributed by atoms with Gasteiger partial charge in [0.05, 0.1) is 50.6 Å². The minimum atomic E-state index is -1.02. The fraction of sp³-hybridized carbons (Fsp3) is 0.542. The normalized spacial score (nSPS) is 14.8. The van der Waals surface area contributed by atoms with E-state index in [0.29, 0.717) is 51.8 Å². The molecule has 438 valence electrons. The van der Waals surface area contributed by atoms with Crippen LogP contribution in [0.25, 0.3) is 0 Å². The Morgan fingerprint density at radius 2 is 1.31 bits per heavy atom. The van der Waals surface area contributed by atoms with E-state index in [1.54, 1.807) is 52.8 Å². The lowest BCUT2D eigenvalue weighted by Crippen LogP contribution is -2.39. The van der Waals surface area contributed by atoms with Crippen LogP contribution >= 0.6 is 22.6 Å². The Morgan fingerprint density at radius 1 is 0.779 bits per heavy atom. The number of halogens is 1. The van der Waals surface area contributed by atoms with Gasteiger partial charge in [0.2, 0.25) is 5.91 Å². The third kappa shape index (κ3) is 56.5. The Hall–Kier alpha value is -5.54. The molecule has 3 N–H and O–H groups in total. The third-order valence-corrected chi connectivity index (χ3v) is 9.74. The molecule has 0 bridgehead atoms. The van der Waals surface area contributed by atoms with Gasteiger partial charge >= 0.3 is 30.0 Å². The van der Waals surface area contributed by atoms with E-state index in [0.717, 1.165) is 41.4 Å². The highest BCUT2D eigenvalue weighted by molar-refractivity contribution is 14.1. The number of esters is 4. The quantitative estimate of drug-likeness (QED) is 0.0143. The molecule has 17 nitrogen and oxygen atoms in total. The molecule has 0 radical (unpaired) electrons. The van der Waals surface area contributed by atoms with Gasteiger partial charge in [-0.3, -0.25) is 24.0 Å². The number of ketones is 1. The van der Waals surface area contributed by atoms with Gasteiger partial charge in [-0.2, -0.15) is 0 Å². The van der Waals surface area contributed by atoms with Crippen LogP contribution in [0.15, 0.2) is 116 Å². The van der Waals surface area contributed by atoms with Gasteiger partial charge < -0.3 is 43.7 Å². The minimum absolute atomic E-state index is 0.0207. The van der Waals surface area contributed by atoms with Gasteiger partial charge in [0, 0.05) is 30.5 Å². The Morgan fingerprint density at radius 3 is 1.70 bits per heavy atom. The zero-order valence-electron chi connectivity index (χ0n) is 48.1. The number of benzene rings is 1. The lowest BCUT2D eigenvalue weighted by atomic mass is 9.98. The van der Waals surface area contributed by atoms with Gasteiger partial charge in [-0.25, -0.2) is 14.5 Å². The number of cyclic esters (lactones) is 1. The first-order chi connectivity index (χ1) is 36.4. The van der Waals surface area contributed by atoms with Crippen LogP contribution in [-0.2, 0) is 63.6 Å². The zero-order valence-corrected chi connectivity index (χ0v) is 50.3. The fourth-order valence-electron chi connectivity index (χ4n) is 5.70. The number of nitrogens with zero attached hydrogens (tertiary/aromatic N) is 1. The molecule has 2 aliphatic heterocycles. The number of aliphatic hydroxyl groups is 3. The molecule has 2 aliphatic rings. The van der Waals surface area contributed by atoms with Crippen LogP contribution in [0.4, 0.5) is 4.79 Å². The van der Waals surface area contributed by atoms with Crippen LogP contribution in [0.5, 0.6) is 0 Å². The predicted molar refractivity (Wildman–Crippen MR) is 313 cm³/mol. The lowest BCUT2D eigenvalue weighted by molar-refractivity contribution is -0.149. The summed E-state index contributed by atoms with van der Waals surface area (Å²) in [6.45, 7) is 35.5. The molecule has 3 atom stereocenters. The molecule has 1 aromatic carbocycles. The molecule has 0 spiro atoms. The summed E-state index contributed by atoms with van der Waals surface area (Å²) in [4.78, 5) is 76.4. The number of hydrogen-bond donors (Lipinski definition) is 3. The monoisotopic (exact) mass is 1200 g/mol. The number of carbonyl (C=O) groups is 7. The minimum Gasteiger partial charge on any atom is -0.466 e. The highest BCUT2D eigenvalue weighted by atomic mass is 127. The molecule has 2 unspecified atom stereocenters. The summed E-state index contributed by atoms with van der Waals surface area (Å²) in [5.74, 6) is -1.87. The van der Waals surface area contributed by atoms with Crippen molar-refractivity contribution in [1.29, 1.82) is 0 Å². The van der Waals surface area contributed by atoms with Crippen molar-refractivity contribution in [2.24, 2.45) is 0 Å². The predicted octanol–water partition coefficient (Wildman–Crippen LogP) is 11.0. The molecule has 2 heterocycles. The van der Waals surface area contributed by atoms with Crippen LogP contribution in [-0.4, -0.2) is 130 Å². The first kappa shape index (κ1) is 80.3. The summed E-state index contributed by atoms with van der Waals surface area (Å²) in [5, 5.41) is 25.7. The molecule has 0 saturated carbocycles. The summed E-state index contributed by atoms with van der Waals surface area (Å²) in [6.07, 6.45) is 19.1. The van der Waals surface area contributed by atoms with E-state index in [9.17, 15) is 38.7 Å². The number of amides is 2. The maximum Gasteiger partial charge on any atom is 0.416 e. The van der Waals surface area contributed by atoms with Crippen LogP contribution in [0.1, 0.15) is 140 Å². The maximum absolute atomic E-state index is 11.7. The highest BCUT2D eigenvalue weighted by Crippen LogP contribution is 2.18. The molecule has 2 fully saturated rings. The van der Waals surface area contributed by atoms with Crippen LogP contribution in [0.2, 0.25) is 0 Å². The molecule has 2 amide bonds. The smallest absolute Gasteiger partial charge is 0.416 e. The van der Waals surface area contributed by atoms with E-state index < -0.39 is 30.4 Å². The van der Waals surface area contributed by atoms with Gasteiger partial charge in [0.1, 0.15) is 18.8 Å².